The molecule has 3 heterocycles. The first-order chi connectivity index (χ1) is 10.6. The fraction of sp³-hybridized carbons (Fsp3) is 0. The Hall–Kier alpha value is -1.61. The molecular formula is C13H10ClN3O2S3. The summed E-state index contributed by atoms with van der Waals surface area (Å²) in [5.74, 6) is 0.0234. The van der Waals surface area contributed by atoms with E-state index in [1.165, 1.54) is 22.7 Å². The number of thiophene rings is 2. The molecule has 3 rings (SSSR count). The number of hydrogen-bond acceptors (Lipinski definition) is 5. The van der Waals surface area contributed by atoms with Gasteiger partial charge in [0.1, 0.15) is 10.0 Å². The van der Waals surface area contributed by atoms with Gasteiger partial charge in [-0.25, -0.2) is 4.21 Å². The number of nitrogens with one attached hydrogen (secondary N) is 2. The number of nitrogens with zero attached hydrogens (tertiary/aromatic N) is 1. The third-order valence-electron chi connectivity index (χ3n) is 2.69. The molecule has 9 heteroatoms. The molecule has 0 saturated heterocycles. The van der Waals surface area contributed by atoms with Crippen LogP contribution in [0.25, 0.3) is 10.6 Å². The summed E-state index contributed by atoms with van der Waals surface area (Å²) in [5, 5.41) is 13.7. The van der Waals surface area contributed by atoms with Crippen molar-refractivity contribution in [3.63, 3.8) is 0 Å². The Labute approximate surface area is 142 Å². The summed E-state index contributed by atoms with van der Waals surface area (Å²) in [6.07, 6.45) is 1.65. The predicted molar refractivity (Wildman–Crippen MR) is 93.9 cm³/mol. The molecule has 0 aliphatic rings. The molecule has 114 valence electrons. The smallest absolute Gasteiger partial charge is 0.220 e. The van der Waals surface area contributed by atoms with E-state index in [0.717, 1.165) is 0 Å². The van der Waals surface area contributed by atoms with E-state index >= 15 is 0 Å². The van der Waals surface area contributed by atoms with Gasteiger partial charge in [-0.05, 0) is 23.6 Å². The van der Waals surface area contributed by atoms with Crippen LogP contribution in [0.1, 0.15) is 0 Å². The number of rotatable bonds is 5. The largest absolute Gasteiger partial charge is 0.504 e. The average Bonchev–Trinajstić information content (AvgIpc) is 3.07. The van der Waals surface area contributed by atoms with Crippen molar-refractivity contribution in [1.29, 1.82) is 0 Å². The molecule has 0 fully saturated rings. The highest BCUT2D eigenvalue weighted by Crippen LogP contribution is 2.41. The van der Waals surface area contributed by atoms with Gasteiger partial charge in [0.15, 0.2) is 5.75 Å². The highest BCUT2D eigenvalue weighted by molar-refractivity contribution is 7.87. The molecule has 5 nitrogen and oxygen atoms in total. The van der Waals surface area contributed by atoms with Crippen LogP contribution < -0.4 is 9.44 Å². The van der Waals surface area contributed by atoms with Gasteiger partial charge in [0.05, 0.1) is 16.3 Å². The summed E-state index contributed by atoms with van der Waals surface area (Å²) in [5.41, 5.74) is 1.62. The second-order valence-corrected chi connectivity index (χ2v) is 7.47. The monoisotopic (exact) mass is 371 g/mol. The third kappa shape index (κ3) is 3.25. The van der Waals surface area contributed by atoms with Crippen molar-refractivity contribution in [2.24, 2.45) is 0 Å². The second kappa shape index (κ2) is 6.66. The van der Waals surface area contributed by atoms with E-state index in [4.69, 9.17) is 11.6 Å². The van der Waals surface area contributed by atoms with Crippen LogP contribution in [-0.4, -0.2) is 14.3 Å². The van der Waals surface area contributed by atoms with Crippen molar-refractivity contribution in [1.82, 2.24) is 4.98 Å². The molecule has 0 radical (unpaired) electrons. The maximum Gasteiger partial charge on any atom is 0.220 e. The van der Waals surface area contributed by atoms with Gasteiger partial charge in [-0.2, -0.15) is 0 Å². The molecular weight excluding hydrogens is 362 g/mol. The van der Waals surface area contributed by atoms with Crippen LogP contribution in [0.15, 0.2) is 41.2 Å². The molecule has 1 unspecified atom stereocenters. The summed E-state index contributed by atoms with van der Waals surface area (Å²) < 4.78 is 18.0. The van der Waals surface area contributed by atoms with E-state index in [1.807, 2.05) is 6.07 Å². The minimum Gasteiger partial charge on any atom is -0.504 e. The van der Waals surface area contributed by atoms with E-state index in [2.05, 4.69) is 14.4 Å². The van der Waals surface area contributed by atoms with E-state index in [-0.39, 0.29) is 5.75 Å². The average molecular weight is 372 g/mol. The fourth-order valence-electron chi connectivity index (χ4n) is 1.69. The predicted octanol–water partition coefficient (Wildman–Crippen LogP) is 4.33. The van der Waals surface area contributed by atoms with E-state index in [1.54, 1.807) is 35.2 Å². The zero-order chi connectivity index (χ0) is 15.5. The number of aromatic hydroxyl groups is 1. The molecule has 3 N–H and O–H groups in total. The lowest BCUT2D eigenvalue weighted by atomic mass is 10.3. The van der Waals surface area contributed by atoms with Crippen LogP contribution >= 0.6 is 34.3 Å². The first-order valence-electron chi connectivity index (χ1n) is 6.05. The van der Waals surface area contributed by atoms with Crippen molar-refractivity contribution in [3.8, 4) is 16.3 Å². The van der Waals surface area contributed by atoms with Gasteiger partial charge in [-0.3, -0.25) is 14.4 Å². The van der Waals surface area contributed by atoms with Crippen molar-refractivity contribution >= 4 is 56.8 Å². The van der Waals surface area contributed by atoms with Gasteiger partial charge < -0.3 is 5.11 Å². The summed E-state index contributed by atoms with van der Waals surface area (Å²) in [6.45, 7) is 0. The van der Waals surface area contributed by atoms with E-state index < -0.39 is 11.2 Å². The van der Waals surface area contributed by atoms with Crippen molar-refractivity contribution < 1.29 is 9.32 Å². The summed E-state index contributed by atoms with van der Waals surface area (Å²) in [7, 11) is 0. The number of pyridine rings is 1. The van der Waals surface area contributed by atoms with Crippen LogP contribution in [0.3, 0.4) is 0 Å². The Morgan fingerprint density at radius 3 is 2.68 bits per heavy atom. The molecule has 3 aromatic rings. The zero-order valence-corrected chi connectivity index (χ0v) is 14.2. The highest BCUT2D eigenvalue weighted by Gasteiger charge is 2.15. The van der Waals surface area contributed by atoms with Crippen LogP contribution in [0.4, 0.5) is 11.4 Å². The molecule has 0 bridgehead atoms. The molecule has 0 aliphatic carbocycles. The molecule has 0 saturated carbocycles. The lowest BCUT2D eigenvalue weighted by Crippen LogP contribution is -2.13. The first kappa shape index (κ1) is 15.3. The number of anilines is 2. The maximum atomic E-state index is 12.0. The van der Waals surface area contributed by atoms with E-state index in [9.17, 15) is 9.32 Å². The molecule has 0 amide bonds. The summed E-state index contributed by atoms with van der Waals surface area (Å²) in [6, 6.07) is 7.18. The highest BCUT2D eigenvalue weighted by atomic mass is 35.5. The lowest BCUT2D eigenvalue weighted by Gasteiger charge is -2.06. The molecule has 0 aliphatic heterocycles. The van der Waals surface area contributed by atoms with Crippen molar-refractivity contribution in [3.05, 3.63) is 45.6 Å². The minimum atomic E-state index is -1.62. The maximum absolute atomic E-state index is 12.0. The van der Waals surface area contributed by atoms with Gasteiger partial charge in [-0.1, -0.05) is 17.7 Å². The summed E-state index contributed by atoms with van der Waals surface area (Å²) in [4.78, 5) is 4.81. The van der Waals surface area contributed by atoms with Crippen LogP contribution in [0, 0.1) is 0 Å². The zero-order valence-electron chi connectivity index (χ0n) is 10.9. The van der Waals surface area contributed by atoms with Crippen molar-refractivity contribution in [2.45, 2.75) is 0 Å². The molecule has 0 aromatic carbocycles. The topological polar surface area (TPSA) is 74.2 Å². The Kier molecular flexibility index (Phi) is 4.63. The Bertz CT molecular complexity index is 804. The van der Waals surface area contributed by atoms with Crippen LogP contribution in [0.2, 0.25) is 4.34 Å². The molecule has 1 atom stereocenters. The number of aromatic nitrogens is 1. The van der Waals surface area contributed by atoms with Crippen LogP contribution in [0.5, 0.6) is 5.75 Å². The standard InChI is InChI=1S/C13H10ClN3O2S3/c14-13-9(4-6-20-13)16-22(19)17-10-7-21-12(11(10)18)8-3-1-2-5-15-8/h1-7,16-18H. The van der Waals surface area contributed by atoms with Gasteiger partial charge in [-0.15, -0.1) is 22.7 Å². The molecule has 22 heavy (non-hydrogen) atoms. The molecule has 3 aromatic heterocycles. The fourth-order valence-corrected chi connectivity index (χ4v) is 4.37. The molecule has 0 spiro atoms. The lowest BCUT2D eigenvalue weighted by molar-refractivity contribution is 0.482. The number of halogens is 1. The third-order valence-corrected chi connectivity index (χ3v) is 5.66. The minimum absolute atomic E-state index is 0.0234. The normalized spacial score (nSPS) is 12.0. The first-order valence-corrected chi connectivity index (χ1v) is 9.34. The Morgan fingerprint density at radius 2 is 2.00 bits per heavy atom. The Balaban J connectivity index is 1.75. The number of hydrogen-bond donors (Lipinski definition) is 3. The van der Waals surface area contributed by atoms with E-state index in [0.29, 0.717) is 26.3 Å². The van der Waals surface area contributed by atoms with Gasteiger partial charge in [0.2, 0.25) is 11.2 Å². The van der Waals surface area contributed by atoms with Gasteiger partial charge >= 0.3 is 0 Å². The van der Waals surface area contributed by atoms with Crippen molar-refractivity contribution in [2.75, 3.05) is 9.44 Å². The van der Waals surface area contributed by atoms with Gasteiger partial charge in [0.25, 0.3) is 0 Å². The summed E-state index contributed by atoms with van der Waals surface area (Å²) >= 11 is 6.99. The Morgan fingerprint density at radius 1 is 1.18 bits per heavy atom. The second-order valence-electron chi connectivity index (χ2n) is 4.12. The SMILES string of the molecule is O=S(Nc1ccsc1Cl)Nc1csc(-c2ccccn2)c1O. The van der Waals surface area contributed by atoms with Crippen LogP contribution in [-0.2, 0) is 11.2 Å². The quantitative estimate of drug-likeness (QED) is 0.624. The van der Waals surface area contributed by atoms with Gasteiger partial charge in [0, 0.05) is 11.6 Å².